The Hall–Kier alpha value is -1.22. The van der Waals surface area contributed by atoms with Crippen molar-refractivity contribution in [2.75, 3.05) is 25.6 Å². The molecule has 2 unspecified atom stereocenters. The van der Waals surface area contributed by atoms with Crippen LogP contribution in [0.1, 0.15) is 46.2 Å². The van der Waals surface area contributed by atoms with Gasteiger partial charge in [-0.15, -0.1) is 0 Å². The molecular formula is C17H30N2O. The van der Waals surface area contributed by atoms with Crippen molar-refractivity contribution in [3.63, 3.8) is 0 Å². The minimum absolute atomic E-state index is 0.271. The van der Waals surface area contributed by atoms with Gasteiger partial charge in [-0.05, 0) is 38.4 Å². The molecule has 1 N–H and O–H groups in total. The Bertz CT molecular complexity index is 417. The fourth-order valence-corrected chi connectivity index (χ4v) is 2.53. The maximum atomic E-state index is 5.58. The molecule has 0 saturated heterocycles. The van der Waals surface area contributed by atoms with E-state index in [9.17, 15) is 0 Å². The topological polar surface area (TPSA) is 24.5 Å². The van der Waals surface area contributed by atoms with Crippen molar-refractivity contribution in [1.82, 2.24) is 5.32 Å². The van der Waals surface area contributed by atoms with E-state index in [-0.39, 0.29) is 6.04 Å². The Morgan fingerprint density at radius 1 is 1.20 bits per heavy atom. The molecule has 1 aromatic carbocycles. The molecule has 0 aliphatic rings. The molecule has 20 heavy (non-hydrogen) atoms. The van der Waals surface area contributed by atoms with E-state index in [1.165, 1.54) is 11.3 Å². The molecule has 2 atom stereocenters. The maximum absolute atomic E-state index is 5.58. The zero-order chi connectivity index (χ0) is 15.3. The minimum atomic E-state index is 0.271. The van der Waals surface area contributed by atoms with Crippen LogP contribution in [0.4, 0.5) is 5.69 Å². The summed E-state index contributed by atoms with van der Waals surface area (Å²) in [5.41, 5.74) is 2.49. The fourth-order valence-electron chi connectivity index (χ4n) is 2.53. The lowest BCUT2D eigenvalue weighted by molar-refractivity contribution is 0.401. The molecule has 0 spiro atoms. The van der Waals surface area contributed by atoms with Crippen LogP contribution in [-0.2, 0) is 0 Å². The Morgan fingerprint density at radius 2 is 1.85 bits per heavy atom. The van der Waals surface area contributed by atoms with Crippen molar-refractivity contribution >= 4 is 5.69 Å². The van der Waals surface area contributed by atoms with Gasteiger partial charge in [0.05, 0.1) is 7.11 Å². The van der Waals surface area contributed by atoms with Gasteiger partial charge in [0.2, 0.25) is 0 Å². The first-order chi connectivity index (χ1) is 9.43. The highest BCUT2D eigenvalue weighted by molar-refractivity contribution is 5.61. The van der Waals surface area contributed by atoms with Gasteiger partial charge in [-0.2, -0.15) is 0 Å². The molecule has 0 aliphatic carbocycles. The quantitative estimate of drug-likeness (QED) is 0.820. The zero-order valence-electron chi connectivity index (χ0n) is 14.0. The summed E-state index contributed by atoms with van der Waals surface area (Å²) in [5.74, 6) is 1.56. The van der Waals surface area contributed by atoms with E-state index in [4.69, 9.17) is 4.74 Å². The van der Waals surface area contributed by atoms with E-state index in [1.807, 2.05) is 6.07 Å². The van der Waals surface area contributed by atoms with Crippen molar-refractivity contribution < 1.29 is 4.74 Å². The standard InChI is InChI=1S/C17H30N2O/c1-8-18-13(4)17-15(10-9-11-16(17)20-7)19(6)14(5)12(2)3/h9-14,18H,8H2,1-7H3. The highest BCUT2D eigenvalue weighted by atomic mass is 16.5. The van der Waals surface area contributed by atoms with Crippen LogP contribution in [0.2, 0.25) is 0 Å². The predicted octanol–water partition coefficient (Wildman–Crippen LogP) is 3.85. The Labute approximate surface area is 124 Å². The fraction of sp³-hybridized carbons (Fsp3) is 0.647. The third-order valence-corrected chi connectivity index (χ3v) is 4.16. The van der Waals surface area contributed by atoms with Crippen LogP contribution >= 0.6 is 0 Å². The molecular weight excluding hydrogens is 248 g/mol. The molecule has 0 amide bonds. The van der Waals surface area contributed by atoms with Crippen LogP contribution in [0.25, 0.3) is 0 Å². The highest BCUT2D eigenvalue weighted by Crippen LogP contribution is 2.35. The van der Waals surface area contributed by atoms with Crippen molar-refractivity contribution in [3.05, 3.63) is 23.8 Å². The minimum Gasteiger partial charge on any atom is -0.496 e. The van der Waals surface area contributed by atoms with Crippen molar-refractivity contribution in [1.29, 1.82) is 0 Å². The third kappa shape index (κ3) is 3.66. The first-order valence-electron chi connectivity index (χ1n) is 7.57. The highest BCUT2D eigenvalue weighted by Gasteiger charge is 2.21. The second-order valence-electron chi connectivity index (χ2n) is 5.77. The van der Waals surface area contributed by atoms with Crippen LogP contribution in [0.5, 0.6) is 5.75 Å². The van der Waals surface area contributed by atoms with E-state index < -0.39 is 0 Å². The number of hydrogen-bond acceptors (Lipinski definition) is 3. The summed E-state index contributed by atoms with van der Waals surface area (Å²) in [5, 5.41) is 3.49. The van der Waals surface area contributed by atoms with Crippen molar-refractivity contribution in [2.45, 2.75) is 46.7 Å². The summed E-state index contributed by atoms with van der Waals surface area (Å²) in [7, 11) is 3.91. The number of benzene rings is 1. The van der Waals surface area contributed by atoms with Gasteiger partial charge in [-0.1, -0.05) is 26.8 Å². The number of ether oxygens (including phenoxy) is 1. The van der Waals surface area contributed by atoms with Crippen molar-refractivity contribution in [3.8, 4) is 5.75 Å². The molecule has 1 aromatic rings. The summed E-state index contributed by atoms with van der Waals surface area (Å²) in [4.78, 5) is 2.36. The van der Waals surface area contributed by atoms with Gasteiger partial charge < -0.3 is 15.0 Å². The molecule has 0 aliphatic heterocycles. The lowest BCUT2D eigenvalue weighted by Crippen LogP contribution is -2.34. The van der Waals surface area contributed by atoms with Crippen LogP contribution < -0.4 is 15.0 Å². The first-order valence-corrected chi connectivity index (χ1v) is 7.57. The van der Waals surface area contributed by atoms with E-state index in [0.29, 0.717) is 12.0 Å². The number of nitrogens with one attached hydrogen (secondary N) is 1. The summed E-state index contributed by atoms with van der Waals surface area (Å²) in [6.45, 7) is 12.1. The molecule has 0 heterocycles. The summed E-state index contributed by atoms with van der Waals surface area (Å²) in [6, 6.07) is 7.05. The van der Waals surface area contributed by atoms with Crippen LogP contribution in [0.3, 0.4) is 0 Å². The monoisotopic (exact) mass is 278 g/mol. The number of rotatable bonds is 7. The molecule has 114 valence electrons. The van der Waals surface area contributed by atoms with Gasteiger partial charge in [-0.3, -0.25) is 0 Å². The number of nitrogens with zero attached hydrogens (tertiary/aromatic N) is 1. The molecule has 3 heteroatoms. The Kier molecular flexibility index (Phi) is 6.34. The van der Waals surface area contributed by atoms with Gasteiger partial charge in [0.25, 0.3) is 0 Å². The smallest absolute Gasteiger partial charge is 0.125 e. The van der Waals surface area contributed by atoms with E-state index >= 15 is 0 Å². The molecule has 0 aromatic heterocycles. The third-order valence-electron chi connectivity index (χ3n) is 4.16. The second-order valence-corrected chi connectivity index (χ2v) is 5.77. The average Bonchev–Trinajstić information content (AvgIpc) is 2.44. The number of hydrogen-bond donors (Lipinski definition) is 1. The number of methoxy groups -OCH3 is 1. The summed E-state index contributed by atoms with van der Waals surface area (Å²) in [6.07, 6.45) is 0. The average molecular weight is 278 g/mol. The molecule has 1 rings (SSSR count). The number of anilines is 1. The Balaban J connectivity index is 3.24. The van der Waals surface area contributed by atoms with Crippen LogP contribution in [0.15, 0.2) is 18.2 Å². The molecule has 3 nitrogen and oxygen atoms in total. The van der Waals surface area contributed by atoms with Crippen LogP contribution in [0, 0.1) is 5.92 Å². The van der Waals surface area contributed by atoms with E-state index in [2.05, 4.69) is 64.0 Å². The lowest BCUT2D eigenvalue weighted by atomic mass is 9.99. The van der Waals surface area contributed by atoms with Gasteiger partial charge in [0.15, 0.2) is 0 Å². The predicted molar refractivity (Wildman–Crippen MR) is 87.8 cm³/mol. The van der Waals surface area contributed by atoms with Gasteiger partial charge in [0.1, 0.15) is 5.75 Å². The van der Waals surface area contributed by atoms with Gasteiger partial charge in [-0.25, -0.2) is 0 Å². The molecule has 0 radical (unpaired) electrons. The maximum Gasteiger partial charge on any atom is 0.125 e. The summed E-state index contributed by atoms with van der Waals surface area (Å²) >= 11 is 0. The summed E-state index contributed by atoms with van der Waals surface area (Å²) < 4.78 is 5.58. The first kappa shape index (κ1) is 16.8. The van der Waals surface area contributed by atoms with Gasteiger partial charge >= 0.3 is 0 Å². The van der Waals surface area contributed by atoms with E-state index in [0.717, 1.165) is 12.3 Å². The largest absolute Gasteiger partial charge is 0.496 e. The second kappa shape index (κ2) is 7.53. The normalized spacial score (nSPS) is 14.2. The molecule has 0 saturated carbocycles. The molecule has 0 bridgehead atoms. The lowest BCUT2D eigenvalue weighted by Gasteiger charge is -2.33. The SMILES string of the molecule is CCNC(C)c1c(OC)cccc1N(C)C(C)C(C)C. The van der Waals surface area contributed by atoms with Gasteiger partial charge in [0, 0.05) is 30.4 Å². The van der Waals surface area contributed by atoms with Crippen LogP contribution in [-0.4, -0.2) is 26.7 Å². The zero-order valence-corrected chi connectivity index (χ0v) is 14.0. The van der Waals surface area contributed by atoms with E-state index in [1.54, 1.807) is 7.11 Å². The molecule has 0 fully saturated rings. The Morgan fingerprint density at radius 3 is 2.35 bits per heavy atom. The van der Waals surface area contributed by atoms with Crippen molar-refractivity contribution in [2.24, 2.45) is 5.92 Å².